The van der Waals surface area contributed by atoms with Gasteiger partial charge < -0.3 is 19.9 Å². The molecule has 0 spiro atoms. The second-order valence-corrected chi connectivity index (χ2v) is 8.26. The van der Waals surface area contributed by atoms with Crippen molar-refractivity contribution in [3.63, 3.8) is 0 Å². The highest BCUT2D eigenvalue weighted by atomic mass is 16.5. The van der Waals surface area contributed by atoms with Crippen LogP contribution in [0, 0.1) is 6.92 Å². The van der Waals surface area contributed by atoms with Gasteiger partial charge in [-0.3, -0.25) is 9.59 Å². The zero-order valence-corrected chi connectivity index (χ0v) is 18.6. The van der Waals surface area contributed by atoms with Gasteiger partial charge in [-0.1, -0.05) is 48.5 Å². The number of fused-ring (bicyclic) bond motifs is 2. The second kappa shape index (κ2) is 8.47. The van der Waals surface area contributed by atoms with Crippen molar-refractivity contribution in [3.8, 4) is 5.75 Å². The van der Waals surface area contributed by atoms with Crippen molar-refractivity contribution in [1.82, 2.24) is 15.2 Å². The first kappa shape index (κ1) is 20.8. The van der Waals surface area contributed by atoms with E-state index < -0.39 is 0 Å². The summed E-state index contributed by atoms with van der Waals surface area (Å²) in [6, 6.07) is 22.9. The molecule has 2 amide bonds. The highest BCUT2D eigenvalue weighted by Crippen LogP contribution is 2.42. The molecular weight excluding hydrogens is 414 g/mol. The lowest BCUT2D eigenvalue weighted by molar-refractivity contribution is -0.122. The molecule has 1 aliphatic rings. The summed E-state index contributed by atoms with van der Waals surface area (Å²) in [6.07, 6.45) is 0. The number of amides is 2. The molecule has 4 aromatic rings. The Balaban J connectivity index is 1.43. The average molecular weight is 440 g/mol. The number of nitrogens with one attached hydrogen (secondary N) is 2. The Morgan fingerprint density at radius 3 is 2.55 bits per heavy atom. The Hall–Kier alpha value is -4.06. The summed E-state index contributed by atoms with van der Waals surface area (Å²) in [6.45, 7) is 2.38. The van der Waals surface area contributed by atoms with E-state index in [4.69, 9.17) is 4.74 Å². The van der Waals surface area contributed by atoms with Gasteiger partial charge in [0, 0.05) is 34.3 Å². The molecule has 6 heteroatoms. The number of nitrogens with zero attached hydrogens (tertiary/aromatic N) is 1. The summed E-state index contributed by atoms with van der Waals surface area (Å²) in [5.74, 6) is 0.441. The largest absolute Gasteiger partial charge is 0.497 e. The fourth-order valence-corrected chi connectivity index (χ4v) is 4.65. The number of carbonyl (C=O) groups excluding carboxylic acids is 2. The molecular formula is C27H25N3O3. The number of para-hydroxylation sites is 1. The van der Waals surface area contributed by atoms with E-state index in [9.17, 15) is 9.59 Å². The minimum Gasteiger partial charge on any atom is -0.497 e. The van der Waals surface area contributed by atoms with Gasteiger partial charge in [-0.05, 0) is 42.3 Å². The molecule has 2 heterocycles. The molecule has 0 aliphatic carbocycles. The maximum atomic E-state index is 13.4. The van der Waals surface area contributed by atoms with Crippen LogP contribution >= 0.6 is 0 Å². The van der Waals surface area contributed by atoms with Crippen LogP contribution in [0.25, 0.3) is 10.9 Å². The van der Waals surface area contributed by atoms with Crippen molar-refractivity contribution in [2.45, 2.75) is 19.5 Å². The van der Waals surface area contributed by atoms with Gasteiger partial charge in [-0.25, -0.2) is 0 Å². The molecule has 1 atom stereocenters. The van der Waals surface area contributed by atoms with Crippen molar-refractivity contribution in [1.29, 1.82) is 0 Å². The van der Waals surface area contributed by atoms with E-state index in [1.165, 1.54) is 0 Å². The normalized spacial score (nSPS) is 15.0. The summed E-state index contributed by atoms with van der Waals surface area (Å²) in [5, 5.41) is 4.01. The van der Waals surface area contributed by atoms with Crippen molar-refractivity contribution in [3.05, 3.63) is 101 Å². The summed E-state index contributed by atoms with van der Waals surface area (Å²) >= 11 is 0. The van der Waals surface area contributed by atoms with Crippen LogP contribution in [-0.2, 0) is 11.3 Å². The lowest BCUT2D eigenvalue weighted by Gasteiger charge is -2.25. The van der Waals surface area contributed by atoms with Crippen LogP contribution in [0.2, 0.25) is 0 Å². The van der Waals surface area contributed by atoms with Crippen LogP contribution in [0.4, 0.5) is 0 Å². The number of methoxy groups -OCH3 is 1. The molecule has 0 saturated heterocycles. The zero-order chi connectivity index (χ0) is 22.9. The molecule has 1 aliphatic heterocycles. The number of rotatable bonds is 6. The first-order valence-corrected chi connectivity index (χ1v) is 10.9. The third-order valence-corrected chi connectivity index (χ3v) is 6.24. The van der Waals surface area contributed by atoms with E-state index in [-0.39, 0.29) is 24.4 Å². The zero-order valence-electron chi connectivity index (χ0n) is 18.6. The van der Waals surface area contributed by atoms with E-state index in [1.807, 2.05) is 73.7 Å². The number of aromatic amines is 1. The first-order chi connectivity index (χ1) is 16.1. The van der Waals surface area contributed by atoms with Gasteiger partial charge in [0.25, 0.3) is 5.91 Å². The minimum atomic E-state index is -0.323. The van der Waals surface area contributed by atoms with E-state index in [1.54, 1.807) is 12.0 Å². The molecule has 3 aromatic carbocycles. The summed E-state index contributed by atoms with van der Waals surface area (Å²) in [5.41, 5.74) is 5.59. The maximum absolute atomic E-state index is 13.4. The predicted octanol–water partition coefficient (Wildman–Crippen LogP) is 4.35. The number of ether oxygens (including phenoxy) is 1. The number of hydrogen-bond donors (Lipinski definition) is 2. The molecule has 0 fully saturated rings. The second-order valence-electron chi connectivity index (χ2n) is 8.26. The van der Waals surface area contributed by atoms with E-state index in [0.717, 1.165) is 39.0 Å². The van der Waals surface area contributed by atoms with Crippen molar-refractivity contribution >= 4 is 22.7 Å². The molecule has 2 N–H and O–H groups in total. The van der Waals surface area contributed by atoms with E-state index >= 15 is 0 Å². The highest BCUT2D eigenvalue weighted by molar-refractivity contribution is 6.02. The topological polar surface area (TPSA) is 74.4 Å². The van der Waals surface area contributed by atoms with Gasteiger partial charge in [0.2, 0.25) is 5.91 Å². The van der Waals surface area contributed by atoms with Crippen molar-refractivity contribution in [2.24, 2.45) is 0 Å². The van der Waals surface area contributed by atoms with Gasteiger partial charge >= 0.3 is 0 Å². The van der Waals surface area contributed by atoms with E-state index in [2.05, 4.69) is 16.4 Å². The van der Waals surface area contributed by atoms with Crippen LogP contribution in [0.1, 0.15) is 38.8 Å². The molecule has 0 unspecified atom stereocenters. The standard InChI is InChI=1S/C27H25N3O3/c1-17-25(22-9-5-6-10-23(22)29-17)26-20-7-3-4-8-21(20)27(32)30(26)16-24(31)28-15-18-11-13-19(33-2)14-12-18/h3-14,26,29H,15-16H2,1-2H3,(H,28,31)/t26-/m0/s1. The Kier molecular flexibility index (Phi) is 5.34. The molecule has 5 rings (SSSR count). The van der Waals surface area contributed by atoms with Gasteiger partial charge in [-0.2, -0.15) is 0 Å². The lowest BCUT2D eigenvalue weighted by atomic mass is 9.95. The van der Waals surface area contributed by atoms with Crippen LogP contribution in [0.5, 0.6) is 5.75 Å². The fourth-order valence-electron chi connectivity index (χ4n) is 4.65. The number of aromatic nitrogens is 1. The molecule has 0 saturated carbocycles. The quantitative estimate of drug-likeness (QED) is 0.469. The van der Waals surface area contributed by atoms with Gasteiger partial charge in [0.05, 0.1) is 13.2 Å². The van der Waals surface area contributed by atoms with E-state index in [0.29, 0.717) is 12.1 Å². The molecule has 1 aromatic heterocycles. The smallest absolute Gasteiger partial charge is 0.255 e. The third kappa shape index (κ3) is 3.74. The van der Waals surface area contributed by atoms with Crippen molar-refractivity contribution in [2.75, 3.05) is 13.7 Å². The summed E-state index contributed by atoms with van der Waals surface area (Å²) in [4.78, 5) is 31.4. The number of benzene rings is 3. The first-order valence-electron chi connectivity index (χ1n) is 10.9. The third-order valence-electron chi connectivity index (χ3n) is 6.24. The van der Waals surface area contributed by atoms with Crippen LogP contribution in [-0.4, -0.2) is 35.4 Å². The Morgan fingerprint density at radius 2 is 1.76 bits per heavy atom. The SMILES string of the molecule is COc1ccc(CNC(=O)CN2C(=O)c3ccccc3[C@H]2c2c(C)[nH]c3ccccc23)cc1. The summed E-state index contributed by atoms with van der Waals surface area (Å²) in [7, 11) is 1.62. The fraction of sp³-hybridized carbons (Fsp3) is 0.185. The molecule has 0 radical (unpaired) electrons. The number of aryl methyl sites for hydroxylation is 1. The Morgan fingerprint density at radius 1 is 1.03 bits per heavy atom. The maximum Gasteiger partial charge on any atom is 0.255 e. The van der Waals surface area contributed by atoms with Crippen LogP contribution in [0.3, 0.4) is 0 Å². The molecule has 166 valence electrons. The Labute approximate surface area is 192 Å². The van der Waals surface area contributed by atoms with Gasteiger partial charge in [0.1, 0.15) is 12.3 Å². The lowest BCUT2D eigenvalue weighted by Crippen LogP contribution is -2.39. The Bertz CT molecular complexity index is 1340. The average Bonchev–Trinajstić information content (AvgIpc) is 3.31. The monoisotopic (exact) mass is 439 g/mol. The highest BCUT2D eigenvalue weighted by Gasteiger charge is 2.40. The predicted molar refractivity (Wildman–Crippen MR) is 127 cm³/mol. The van der Waals surface area contributed by atoms with Crippen molar-refractivity contribution < 1.29 is 14.3 Å². The van der Waals surface area contributed by atoms with Crippen LogP contribution < -0.4 is 10.1 Å². The summed E-state index contributed by atoms with van der Waals surface area (Å²) < 4.78 is 5.18. The molecule has 33 heavy (non-hydrogen) atoms. The minimum absolute atomic E-state index is 0.0206. The molecule has 6 nitrogen and oxygen atoms in total. The van der Waals surface area contributed by atoms with Crippen LogP contribution in [0.15, 0.2) is 72.8 Å². The van der Waals surface area contributed by atoms with Gasteiger partial charge in [-0.15, -0.1) is 0 Å². The van der Waals surface area contributed by atoms with Gasteiger partial charge in [0.15, 0.2) is 0 Å². The number of hydrogen-bond acceptors (Lipinski definition) is 3. The number of carbonyl (C=O) groups is 2. The molecule has 0 bridgehead atoms. The number of H-pyrrole nitrogens is 1.